The molecule has 0 fully saturated rings. The zero-order chi connectivity index (χ0) is 17.4. The van der Waals surface area contributed by atoms with E-state index >= 15 is 0 Å². The van der Waals surface area contributed by atoms with E-state index in [4.69, 9.17) is 9.52 Å². The van der Waals surface area contributed by atoms with E-state index in [1.807, 2.05) is 0 Å². The average Bonchev–Trinajstić information content (AvgIpc) is 2.92. The second-order valence-corrected chi connectivity index (χ2v) is 6.45. The summed E-state index contributed by atoms with van der Waals surface area (Å²) in [6, 6.07) is 1.39. The van der Waals surface area contributed by atoms with Gasteiger partial charge in [-0.3, -0.25) is 4.90 Å². The smallest absolute Gasteiger partial charge is 0.434 e. The number of aromatic carboxylic acids is 1. The Bertz CT molecular complexity index is 721. The van der Waals surface area contributed by atoms with E-state index in [2.05, 4.69) is 4.98 Å². The zero-order valence-electron chi connectivity index (χ0n) is 12.7. The van der Waals surface area contributed by atoms with Crippen molar-refractivity contribution in [2.24, 2.45) is 0 Å². The van der Waals surface area contributed by atoms with Gasteiger partial charge < -0.3 is 9.52 Å². The number of hydrogen-bond donors (Lipinski definition) is 1. The standard InChI is InChI=1S/C14H15F3N2O3S/c1-7-10(13(20)21)4-9(22-7)5-19(3)6-11-12(14(15,16)17)18-8(2)23-11/h4H,5-6H2,1-3H3,(H,20,21). The van der Waals surface area contributed by atoms with Gasteiger partial charge in [0.15, 0.2) is 5.69 Å². The molecule has 2 aromatic heterocycles. The monoisotopic (exact) mass is 348 g/mol. The molecule has 126 valence electrons. The van der Waals surface area contributed by atoms with Gasteiger partial charge in [0.05, 0.1) is 16.4 Å². The van der Waals surface area contributed by atoms with Gasteiger partial charge in [-0.1, -0.05) is 0 Å². The van der Waals surface area contributed by atoms with Gasteiger partial charge in [0.25, 0.3) is 0 Å². The van der Waals surface area contributed by atoms with E-state index in [1.165, 1.54) is 19.9 Å². The van der Waals surface area contributed by atoms with Gasteiger partial charge in [-0.05, 0) is 27.0 Å². The molecule has 23 heavy (non-hydrogen) atoms. The molecular weight excluding hydrogens is 333 g/mol. The van der Waals surface area contributed by atoms with Gasteiger partial charge in [0.1, 0.15) is 17.1 Å². The van der Waals surface area contributed by atoms with E-state index < -0.39 is 17.8 Å². The van der Waals surface area contributed by atoms with Crippen LogP contribution in [0.25, 0.3) is 0 Å². The summed E-state index contributed by atoms with van der Waals surface area (Å²) in [6.07, 6.45) is -4.49. The fourth-order valence-electron chi connectivity index (χ4n) is 2.20. The number of aromatic nitrogens is 1. The molecule has 0 spiro atoms. The van der Waals surface area contributed by atoms with Gasteiger partial charge in [-0.2, -0.15) is 13.2 Å². The summed E-state index contributed by atoms with van der Waals surface area (Å²) in [5.74, 6) is -0.444. The van der Waals surface area contributed by atoms with Crippen LogP contribution in [0, 0.1) is 13.8 Å². The number of hydrogen-bond acceptors (Lipinski definition) is 5. The van der Waals surface area contributed by atoms with E-state index in [0.717, 1.165) is 11.3 Å². The Morgan fingerprint density at radius 1 is 1.39 bits per heavy atom. The van der Waals surface area contributed by atoms with E-state index in [1.54, 1.807) is 11.9 Å². The first kappa shape index (κ1) is 17.5. The van der Waals surface area contributed by atoms with Crippen molar-refractivity contribution in [3.8, 4) is 0 Å². The van der Waals surface area contributed by atoms with Crippen molar-refractivity contribution in [3.05, 3.63) is 38.7 Å². The van der Waals surface area contributed by atoms with Crippen molar-refractivity contribution in [2.45, 2.75) is 33.1 Å². The number of carboxylic acids is 1. The Balaban J connectivity index is 2.13. The normalized spacial score (nSPS) is 12.1. The van der Waals surface area contributed by atoms with E-state index in [-0.39, 0.29) is 29.3 Å². The zero-order valence-corrected chi connectivity index (χ0v) is 13.5. The molecule has 2 aromatic rings. The molecule has 0 unspecified atom stereocenters. The fourth-order valence-corrected chi connectivity index (χ4v) is 3.24. The lowest BCUT2D eigenvalue weighted by Gasteiger charge is -2.15. The summed E-state index contributed by atoms with van der Waals surface area (Å²) in [4.78, 5) is 16.3. The third-order valence-corrected chi connectivity index (χ3v) is 4.07. The minimum Gasteiger partial charge on any atom is -0.478 e. The van der Waals surface area contributed by atoms with Crippen LogP contribution in [0.5, 0.6) is 0 Å². The number of furan rings is 1. The number of thiazole rings is 1. The van der Waals surface area contributed by atoms with Gasteiger partial charge in [0, 0.05) is 6.54 Å². The third kappa shape index (κ3) is 4.11. The molecule has 0 radical (unpaired) electrons. The second kappa shape index (κ2) is 6.32. The molecular formula is C14H15F3N2O3S. The average molecular weight is 348 g/mol. The highest BCUT2D eigenvalue weighted by Crippen LogP contribution is 2.34. The van der Waals surface area contributed by atoms with Gasteiger partial charge >= 0.3 is 12.1 Å². The fraction of sp³-hybridized carbons (Fsp3) is 0.429. The van der Waals surface area contributed by atoms with Crippen LogP contribution in [0.4, 0.5) is 13.2 Å². The van der Waals surface area contributed by atoms with Crippen LogP contribution in [0.2, 0.25) is 0 Å². The van der Waals surface area contributed by atoms with Crippen LogP contribution >= 0.6 is 11.3 Å². The van der Waals surface area contributed by atoms with Crippen molar-refractivity contribution in [1.82, 2.24) is 9.88 Å². The molecule has 0 saturated heterocycles. The first-order valence-corrected chi connectivity index (χ1v) is 7.44. The Labute approximate surface area is 134 Å². The Hall–Kier alpha value is -1.87. The molecule has 1 N–H and O–H groups in total. The molecule has 0 aliphatic heterocycles. The van der Waals surface area contributed by atoms with Crippen molar-refractivity contribution in [3.63, 3.8) is 0 Å². The maximum atomic E-state index is 12.9. The quantitative estimate of drug-likeness (QED) is 0.892. The predicted octanol–water partition coefficient (Wildman–Crippen LogP) is 3.70. The molecule has 5 nitrogen and oxygen atoms in total. The van der Waals surface area contributed by atoms with Gasteiger partial charge in [0.2, 0.25) is 0 Å². The molecule has 0 amide bonds. The summed E-state index contributed by atoms with van der Waals surface area (Å²) in [6.45, 7) is 3.30. The molecule has 0 atom stereocenters. The second-order valence-electron chi connectivity index (χ2n) is 5.16. The first-order chi connectivity index (χ1) is 10.6. The summed E-state index contributed by atoms with van der Waals surface area (Å²) in [5, 5.41) is 9.32. The first-order valence-electron chi connectivity index (χ1n) is 6.62. The molecule has 9 heteroatoms. The largest absolute Gasteiger partial charge is 0.478 e. The summed E-state index contributed by atoms with van der Waals surface area (Å²) < 4.78 is 44.1. The van der Waals surface area contributed by atoms with Crippen molar-refractivity contribution in [2.75, 3.05) is 7.05 Å². The van der Waals surface area contributed by atoms with Crippen LogP contribution in [-0.2, 0) is 19.3 Å². The molecule has 2 heterocycles. The maximum Gasteiger partial charge on any atom is 0.434 e. The summed E-state index contributed by atoms with van der Waals surface area (Å²) in [5.41, 5.74) is -0.813. The maximum absolute atomic E-state index is 12.9. The van der Waals surface area contributed by atoms with Crippen molar-refractivity contribution < 1.29 is 27.5 Å². The predicted molar refractivity (Wildman–Crippen MR) is 77.4 cm³/mol. The minimum absolute atomic E-state index is 0.0441. The summed E-state index contributed by atoms with van der Waals surface area (Å²) >= 11 is 0.996. The van der Waals surface area contributed by atoms with E-state index in [0.29, 0.717) is 10.8 Å². The highest BCUT2D eigenvalue weighted by atomic mass is 32.1. The highest BCUT2D eigenvalue weighted by molar-refractivity contribution is 7.11. The molecule has 0 aliphatic rings. The number of rotatable bonds is 5. The number of carboxylic acid groups (broad SMARTS) is 1. The van der Waals surface area contributed by atoms with Crippen LogP contribution in [0.15, 0.2) is 10.5 Å². The molecule has 2 rings (SSSR count). The molecule has 0 saturated carbocycles. The highest BCUT2D eigenvalue weighted by Gasteiger charge is 2.37. The Morgan fingerprint density at radius 3 is 2.57 bits per heavy atom. The number of aryl methyl sites for hydroxylation is 2. The lowest BCUT2D eigenvalue weighted by atomic mass is 10.2. The topological polar surface area (TPSA) is 66.6 Å². The Morgan fingerprint density at radius 2 is 2.04 bits per heavy atom. The number of alkyl halides is 3. The number of nitrogens with zero attached hydrogens (tertiary/aromatic N) is 2. The lowest BCUT2D eigenvalue weighted by molar-refractivity contribution is -0.141. The lowest BCUT2D eigenvalue weighted by Crippen LogP contribution is -2.19. The van der Waals surface area contributed by atoms with E-state index in [9.17, 15) is 18.0 Å². The molecule has 0 bridgehead atoms. The van der Waals surface area contributed by atoms with Gasteiger partial charge in [-0.15, -0.1) is 11.3 Å². The minimum atomic E-state index is -4.49. The van der Waals surface area contributed by atoms with Crippen molar-refractivity contribution >= 4 is 17.3 Å². The van der Waals surface area contributed by atoms with Crippen molar-refractivity contribution in [1.29, 1.82) is 0 Å². The number of halogens is 3. The van der Waals surface area contributed by atoms with Crippen LogP contribution in [0.1, 0.15) is 37.5 Å². The van der Waals surface area contributed by atoms with Crippen LogP contribution in [0.3, 0.4) is 0 Å². The molecule has 0 aromatic carbocycles. The molecule has 0 aliphatic carbocycles. The van der Waals surface area contributed by atoms with Crippen LogP contribution < -0.4 is 0 Å². The summed E-state index contributed by atoms with van der Waals surface area (Å²) in [7, 11) is 1.63. The van der Waals surface area contributed by atoms with Crippen LogP contribution in [-0.4, -0.2) is 28.0 Å². The third-order valence-electron chi connectivity index (χ3n) is 3.11. The van der Waals surface area contributed by atoms with Gasteiger partial charge in [-0.25, -0.2) is 9.78 Å². The Kier molecular flexibility index (Phi) is 4.81. The SMILES string of the molecule is Cc1nc(C(F)(F)F)c(CN(C)Cc2cc(C(=O)O)c(C)o2)s1. The number of carbonyl (C=O) groups is 1.